The molecule has 0 aromatic heterocycles. The molecule has 2 heteroatoms. The van der Waals surface area contributed by atoms with E-state index in [4.69, 9.17) is 4.74 Å². The van der Waals surface area contributed by atoms with E-state index in [9.17, 15) is 4.79 Å². The number of aldehydes is 1. The molecule has 0 aliphatic heterocycles. The summed E-state index contributed by atoms with van der Waals surface area (Å²) < 4.78 is 5.27. The first-order valence-corrected chi connectivity index (χ1v) is 5.12. The van der Waals surface area contributed by atoms with Gasteiger partial charge < -0.3 is 9.53 Å². The molecule has 0 amide bonds. The van der Waals surface area contributed by atoms with Gasteiger partial charge in [-0.2, -0.15) is 0 Å². The molecule has 78 valence electrons. The molecule has 0 N–H and O–H groups in total. The van der Waals surface area contributed by atoms with Gasteiger partial charge >= 0.3 is 0 Å². The quantitative estimate of drug-likeness (QED) is 0.571. The van der Waals surface area contributed by atoms with Crippen molar-refractivity contribution in [3.05, 3.63) is 0 Å². The molecule has 0 heterocycles. The van der Waals surface area contributed by atoms with Gasteiger partial charge in [-0.1, -0.05) is 27.2 Å². The smallest absolute Gasteiger partial charge is 0.122 e. The van der Waals surface area contributed by atoms with Crippen LogP contribution in [0.1, 0.15) is 40.0 Å². The molecular formula is C11H22O2. The molecule has 0 radical (unpaired) electrons. The standard InChI is InChI=1S/C11H22O2/c1-5-9(2)8-10(3)11(13-4)6-7-12/h7,9-11H,5-6,8H2,1-4H3. The van der Waals surface area contributed by atoms with Gasteiger partial charge in [0.25, 0.3) is 0 Å². The molecule has 0 aliphatic rings. The van der Waals surface area contributed by atoms with E-state index in [1.807, 2.05) is 0 Å². The third-order valence-corrected chi connectivity index (χ3v) is 2.74. The number of hydrogen-bond donors (Lipinski definition) is 0. The summed E-state index contributed by atoms with van der Waals surface area (Å²) in [6, 6.07) is 0. The van der Waals surface area contributed by atoms with Crippen molar-refractivity contribution in [2.75, 3.05) is 7.11 Å². The highest BCUT2D eigenvalue weighted by Gasteiger charge is 2.17. The lowest BCUT2D eigenvalue weighted by atomic mass is 9.90. The summed E-state index contributed by atoms with van der Waals surface area (Å²) in [4.78, 5) is 10.4. The Morgan fingerprint density at radius 2 is 2.00 bits per heavy atom. The number of carbonyl (C=O) groups excluding carboxylic acids is 1. The van der Waals surface area contributed by atoms with Gasteiger partial charge in [0.1, 0.15) is 6.29 Å². The van der Waals surface area contributed by atoms with Crippen LogP contribution in [0.5, 0.6) is 0 Å². The molecule has 0 saturated carbocycles. The maximum absolute atomic E-state index is 10.4. The lowest BCUT2D eigenvalue weighted by molar-refractivity contribution is -0.110. The van der Waals surface area contributed by atoms with Crippen LogP contribution in [0.4, 0.5) is 0 Å². The molecule has 0 saturated heterocycles. The van der Waals surface area contributed by atoms with Gasteiger partial charge in [-0.15, -0.1) is 0 Å². The van der Waals surface area contributed by atoms with Crippen molar-refractivity contribution >= 4 is 6.29 Å². The molecule has 0 bridgehead atoms. The molecule has 0 spiro atoms. The molecule has 3 atom stereocenters. The van der Waals surface area contributed by atoms with Crippen molar-refractivity contribution in [1.29, 1.82) is 0 Å². The van der Waals surface area contributed by atoms with E-state index >= 15 is 0 Å². The summed E-state index contributed by atoms with van der Waals surface area (Å²) in [5, 5.41) is 0. The average molecular weight is 186 g/mol. The SMILES string of the molecule is CCC(C)CC(C)C(CC=O)OC. The van der Waals surface area contributed by atoms with Crippen LogP contribution in [0, 0.1) is 11.8 Å². The third kappa shape index (κ3) is 5.04. The molecule has 0 fully saturated rings. The Balaban J connectivity index is 3.89. The number of carbonyl (C=O) groups is 1. The zero-order chi connectivity index (χ0) is 10.3. The van der Waals surface area contributed by atoms with Crippen LogP contribution < -0.4 is 0 Å². The van der Waals surface area contributed by atoms with E-state index in [-0.39, 0.29) is 6.10 Å². The Labute approximate surface area is 81.7 Å². The lowest BCUT2D eigenvalue weighted by Crippen LogP contribution is -2.22. The minimum atomic E-state index is 0.103. The van der Waals surface area contributed by atoms with E-state index in [2.05, 4.69) is 20.8 Å². The van der Waals surface area contributed by atoms with E-state index in [0.29, 0.717) is 12.3 Å². The number of methoxy groups -OCH3 is 1. The Morgan fingerprint density at radius 1 is 1.38 bits per heavy atom. The van der Waals surface area contributed by atoms with Gasteiger partial charge in [0, 0.05) is 13.5 Å². The minimum Gasteiger partial charge on any atom is -0.381 e. The highest BCUT2D eigenvalue weighted by Crippen LogP contribution is 2.20. The highest BCUT2D eigenvalue weighted by atomic mass is 16.5. The Morgan fingerprint density at radius 3 is 2.38 bits per heavy atom. The van der Waals surface area contributed by atoms with Gasteiger partial charge in [0.2, 0.25) is 0 Å². The summed E-state index contributed by atoms with van der Waals surface area (Å²) >= 11 is 0. The van der Waals surface area contributed by atoms with E-state index in [1.54, 1.807) is 7.11 Å². The fraction of sp³-hybridized carbons (Fsp3) is 0.909. The fourth-order valence-corrected chi connectivity index (χ4v) is 1.61. The van der Waals surface area contributed by atoms with Crippen molar-refractivity contribution in [3.63, 3.8) is 0 Å². The van der Waals surface area contributed by atoms with Crippen molar-refractivity contribution in [3.8, 4) is 0 Å². The molecule has 0 rings (SSSR count). The van der Waals surface area contributed by atoms with Crippen LogP contribution in [0.2, 0.25) is 0 Å². The van der Waals surface area contributed by atoms with Crippen molar-refractivity contribution in [2.24, 2.45) is 11.8 Å². The average Bonchev–Trinajstić information content (AvgIpc) is 2.13. The zero-order valence-corrected chi connectivity index (χ0v) is 9.25. The van der Waals surface area contributed by atoms with E-state index in [0.717, 1.165) is 18.6 Å². The zero-order valence-electron chi connectivity index (χ0n) is 9.25. The Kier molecular flexibility index (Phi) is 6.87. The van der Waals surface area contributed by atoms with Crippen LogP contribution in [-0.2, 0) is 9.53 Å². The predicted molar refractivity (Wildman–Crippen MR) is 54.7 cm³/mol. The van der Waals surface area contributed by atoms with Gasteiger partial charge in [-0.05, 0) is 18.3 Å². The third-order valence-electron chi connectivity index (χ3n) is 2.74. The molecule has 0 aromatic rings. The first-order valence-electron chi connectivity index (χ1n) is 5.12. The summed E-state index contributed by atoms with van der Waals surface area (Å²) in [6.07, 6.45) is 3.91. The van der Waals surface area contributed by atoms with Gasteiger partial charge in [0.05, 0.1) is 6.10 Å². The second kappa shape index (κ2) is 7.07. The molecule has 3 unspecified atom stereocenters. The van der Waals surface area contributed by atoms with Crippen molar-refractivity contribution < 1.29 is 9.53 Å². The number of rotatable bonds is 7. The fourth-order valence-electron chi connectivity index (χ4n) is 1.61. The van der Waals surface area contributed by atoms with Crippen LogP contribution in [-0.4, -0.2) is 19.5 Å². The second-order valence-electron chi connectivity index (χ2n) is 3.90. The van der Waals surface area contributed by atoms with Crippen molar-refractivity contribution in [1.82, 2.24) is 0 Å². The number of ether oxygens (including phenoxy) is 1. The molecule has 13 heavy (non-hydrogen) atoms. The van der Waals surface area contributed by atoms with Crippen LogP contribution in [0.3, 0.4) is 0 Å². The summed E-state index contributed by atoms with van der Waals surface area (Å²) in [6.45, 7) is 6.59. The first kappa shape index (κ1) is 12.6. The molecular weight excluding hydrogens is 164 g/mol. The van der Waals surface area contributed by atoms with E-state index in [1.165, 1.54) is 6.42 Å². The van der Waals surface area contributed by atoms with Crippen molar-refractivity contribution in [2.45, 2.75) is 46.1 Å². The monoisotopic (exact) mass is 186 g/mol. The largest absolute Gasteiger partial charge is 0.381 e. The first-order chi connectivity index (χ1) is 6.15. The van der Waals surface area contributed by atoms with Gasteiger partial charge in [0.15, 0.2) is 0 Å². The normalized spacial score (nSPS) is 17.8. The maximum Gasteiger partial charge on any atom is 0.122 e. The topological polar surface area (TPSA) is 26.3 Å². The summed E-state index contributed by atoms with van der Waals surface area (Å²) in [7, 11) is 1.68. The molecule has 2 nitrogen and oxygen atoms in total. The van der Waals surface area contributed by atoms with Crippen LogP contribution >= 0.6 is 0 Å². The second-order valence-corrected chi connectivity index (χ2v) is 3.90. The maximum atomic E-state index is 10.4. The number of hydrogen-bond acceptors (Lipinski definition) is 2. The Hall–Kier alpha value is -0.370. The van der Waals surface area contributed by atoms with Crippen LogP contribution in [0.15, 0.2) is 0 Å². The van der Waals surface area contributed by atoms with Crippen LogP contribution in [0.25, 0.3) is 0 Å². The summed E-state index contributed by atoms with van der Waals surface area (Å²) in [5.74, 6) is 1.20. The minimum absolute atomic E-state index is 0.103. The Bertz CT molecular complexity index is 134. The van der Waals surface area contributed by atoms with Gasteiger partial charge in [-0.3, -0.25) is 0 Å². The summed E-state index contributed by atoms with van der Waals surface area (Å²) in [5.41, 5.74) is 0. The molecule has 0 aliphatic carbocycles. The molecule has 0 aromatic carbocycles. The predicted octanol–water partition coefficient (Wildman–Crippen LogP) is 2.66. The lowest BCUT2D eigenvalue weighted by Gasteiger charge is -2.23. The highest BCUT2D eigenvalue weighted by molar-refractivity contribution is 5.50. The van der Waals surface area contributed by atoms with E-state index < -0.39 is 0 Å². The van der Waals surface area contributed by atoms with Gasteiger partial charge in [-0.25, -0.2) is 0 Å².